The Balaban J connectivity index is 2.62. The van der Waals surface area contributed by atoms with E-state index in [-0.39, 0.29) is 23.0 Å². The zero-order chi connectivity index (χ0) is 15.8. The Morgan fingerprint density at radius 1 is 1.24 bits per heavy atom. The van der Waals surface area contributed by atoms with Crippen LogP contribution in [0.1, 0.15) is 13.3 Å². The van der Waals surface area contributed by atoms with Crippen LogP contribution in [0.25, 0.3) is 0 Å². The van der Waals surface area contributed by atoms with E-state index < -0.39 is 11.9 Å². The van der Waals surface area contributed by atoms with Crippen molar-refractivity contribution in [3.63, 3.8) is 0 Å². The molecule has 21 heavy (non-hydrogen) atoms. The minimum absolute atomic E-state index is 0.0637. The maximum Gasteiger partial charge on any atom is 0.325 e. The minimum atomic E-state index is -0.651. The molecular weight excluding hydrogens is 362 g/mol. The Morgan fingerprint density at radius 2 is 1.86 bits per heavy atom. The van der Waals surface area contributed by atoms with E-state index in [0.717, 1.165) is 0 Å². The average Bonchev–Trinajstić information content (AvgIpc) is 2.38. The van der Waals surface area contributed by atoms with Crippen LogP contribution in [0.4, 0.5) is 16.2 Å². The Bertz CT molecular complexity index is 537. The fourth-order valence-electron chi connectivity index (χ4n) is 1.35. The molecule has 0 bridgehead atoms. The summed E-state index contributed by atoms with van der Waals surface area (Å²) in [7, 11) is 0. The van der Waals surface area contributed by atoms with Gasteiger partial charge in [-0.2, -0.15) is 0 Å². The third kappa shape index (κ3) is 6.59. The summed E-state index contributed by atoms with van der Waals surface area (Å²) in [5, 5.41) is 7.31. The van der Waals surface area contributed by atoms with E-state index in [9.17, 15) is 14.4 Å². The summed E-state index contributed by atoms with van der Waals surface area (Å²) >= 11 is 8.56. The number of halogens is 2. The number of urea groups is 1. The summed E-state index contributed by atoms with van der Waals surface area (Å²) in [6, 6.07) is 5.93. The number of rotatable bonds is 5. The summed E-state index contributed by atoms with van der Waals surface area (Å²) in [5.74, 6) is -0.514. The molecule has 1 aromatic carbocycles. The van der Waals surface area contributed by atoms with Crippen molar-refractivity contribution in [3.05, 3.63) is 24.3 Å². The molecule has 0 aromatic heterocycles. The maximum absolute atomic E-state index is 11.6. The summed E-state index contributed by atoms with van der Waals surface area (Å²) < 4.78 is 0. The third-order valence-electron chi connectivity index (χ3n) is 2.32. The number of hydrogen-bond acceptors (Lipinski definition) is 3. The van der Waals surface area contributed by atoms with Gasteiger partial charge < -0.3 is 10.6 Å². The number of carbonyl (C=O) groups is 3. The Hall–Kier alpha value is -1.60. The molecule has 3 N–H and O–H groups in total. The van der Waals surface area contributed by atoms with Crippen molar-refractivity contribution in [2.75, 3.05) is 16.5 Å². The molecular formula is C13H15BrClN3O3. The van der Waals surface area contributed by atoms with Crippen LogP contribution in [0, 0.1) is 0 Å². The molecule has 1 unspecified atom stereocenters. The van der Waals surface area contributed by atoms with Crippen LogP contribution >= 0.6 is 27.5 Å². The van der Waals surface area contributed by atoms with E-state index >= 15 is 0 Å². The first-order valence-electron chi connectivity index (χ1n) is 6.14. The molecule has 0 radical (unpaired) electrons. The number of amides is 4. The van der Waals surface area contributed by atoms with Crippen LogP contribution in [0.3, 0.4) is 0 Å². The topological polar surface area (TPSA) is 87.3 Å². The normalized spacial score (nSPS) is 11.4. The molecule has 0 aliphatic carbocycles. The quantitative estimate of drug-likeness (QED) is 0.690. The molecule has 8 heteroatoms. The monoisotopic (exact) mass is 375 g/mol. The molecule has 0 saturated heterocycles. The Kier molecular flexibility index (Phi) is 7.18. The number of hydrogen-bond donors (Lipinski definition) is 3. The van der Waals surface area contributed by atoms with E-state index in [2.05, 4.69) is 31.9 Å². The smallest absolute Gasteiger partial charge is 0.325 e. The molecule has 1 rings (SSSR count). The lowest BCUT2D eigenvalue weighted by molar-refractivity contribution is -0.119. The van der Waals surface area contributed by atoms with Crippen molar-refractivity contribution in [1.82, 2.24) is 5.32 Å². The summed E-state index contributed by atoms with van der Waals surface area (Å²) in [4.78, 5) is 34.0. The van der Waals surface area contributed by atoms with Gasteiger partial charge in [0.05, 0.1) is 4.83 Å². The van der Waals surface area contributed by atoms with Gasteiger partial charge in [0.2, 0.25) is 11.8 Å². The first-order valence-corrected chi connectivity index (χ1v) is 7.59. The Morgan fingerprint density at radius 3 is 2.43 bits per heavy atom. The van der Waals surface area contributed by atoms with Crippen molar-refractivity contribution < 1.29 is 14.4 Å². The van der Waals surface area contributed by atoms with Crippen LogP contribution in [-0.4, -0.2) is 28.6 Å². The lowest BCUT2D eigenvalue weighted by atomic mass is 10.2. The number of benzene rings is 1. The molecule has 0 fully saturated rings. The molecule has 0 aliphatic rings. The SMILES string of the molecule is CC(Br)C(=O)Nc1cccc(NC(=O)NC(=O)CCCl)c1. The van der Waals surface area contributed by atoms with Gasteiger partial charge in [-0.25, -0.2) is 4.79 Å². The predicted molar refractivity (Wildman–Crippen MR) is 86.0 cm³/mol. The van der Waals surface area contributed by atoms with Gasteiger partial charge in [-0.05, 0) is 25.1 Å². The second-order valence-electron chi connectivity index (χ2n) is 4.13. The van der Waals surface area contributed by atoms with Gasteiger partial charge >= 0.3 is 6.03 Å². The van der Waals surface area contributed by atoms with Crippen LogP contribution < -0.4 is 16.0 Å². The van der Waals surface area contributed by atoms with E-state index in [1.807, 2.05) is 0 Å². The average molecular weight is 377 g/mol. The van der Waals surface area contributed by atoms with Gasteiger partial charge in [0.25, 0.3) is 0 Å². The zero-order valence-electron chi connectivity index (χ0n) is 11.3. The number of anilines is 2. The van der Waals surface area contributed by atoms with Gasteiger partial charge in [-0.15, -0.1) is 11.6 Å². The van der Waals surface area contributed by atoms with Gasteiger partial charge in [-0.1, -0.05) is 22.0 Å². The summed E-state index contributed by atoms with van der Waals surface area (Å²) in [6.45, 7) is 1.70. The standard InChI is InChI=1S/C13H15BrClN3O3/c1-8(14)12(20)16-9-3-2-4-10(7-9)17-13(21)18-11(19)5-6-15/h2-4,7-8H,5-6H2,1H3,(H,16,20)(H2,17,18,19,21). The van der Waals surface area contributed by atoms with Gasteiger partial charge in [0, 0.05) is 23.7 Å². The van der Waals surface area contributed by atoms with Crippen molar-refractivity contribution in [1.29, 1.82) is 0 Å². The number of carbonyl (C=O) groups excluding carboxylic acids is 3. The molecule has 0 heterocycles. The van der Waals surface area contributed by atoms with Crippen LogP contribution in [0.5, 0.6) is 0 Å². The fourth-order valence-corrected chi connectivity index (χ4v) is 1.64. The van der Waals surface area contributed by atoms with E-state index in [0.29, 0.717) is 11.4 Å². The minimum Gasteiger partial charge on any atom is -0.325 e. The Labute approximate surface area is 135 Å². The van der Waals surface area contributed by atoms with Gasteiger partial charge in [-0.3, -0.25) is 14.9 Å². The molecule has 114 valence electrons. The van der Waals surface area contributed by atoms with Crippen LogP contribution in [0.2, 0.25) is 0 Å². The van der Waals surface area contributed by atoms with E-state index in [1.54, 1.807) is 31.2 Å². The highest BCUT2D eigenvalue weighted by molar-refractivity contribution is 9.10. The highest BCUT2D eigenvalue weighted by atomic mass is 79.9. The first kappa shape index (κ1) is 17.5. The second kappa shape index (κ2) is 8.63. The fraction of sp³-hybridized carbons (Fsp3) is 0.308. The van der Waals surface area contributed by atoms with Gasteiger partial charge in [0.1, 0.15) is 0 Å². The second-order valence-corrected chi connectivity index (χ2v) is 5.88. The molecule has 0 aliphatic heterocycles. The lowest BCUT2D eigenvalue weighted by Gasteiger charge is -2.10. The molecule has 4 amide bonds. The highest BCUT2D eigenvalue weighted by Gasteiger charge is 2.10. The molecule has 1 aromatic rings. The molecule has 0 spiro atoms. The van der Waals surface area contributed by atoms with E-state index in [4.69, 9.17) is 11.6 Å². The number of imide groups is 1. The molecule has 6 nitrogen and oxygen atoms in total. The van der Waals surface area contributed by atoms with Crippen molar-refractivity contribution >= 4 is 56.8 Å². The predicted octanol–water partition coefficient (Wildman–Crippen LogP) is 2.69. The number of nitrogens with one attached hydrogen (secondary N) is 3. The third-order valence-corrected chi connectivity index (χ3v) is 2.93. The maximum atomic E-state index is 11.6. The van der Waals surface area contributed by atoms with Crippen molar-refractivity contribution in [2.45, 2.75) is 18.2 Å². The van der Waals surface area contributed by atoms with Crippen LogP contribution in [-0.2, 0) is 9.59 Å². The number of alkyl halides is 2. The van der Waals surface area contributed by atoms with E-state index in [1.165, 1.54) is 0 Å². The summed E-state index contributed by atoms with van der Waals surface area (Å²) in [5.41, 5.74) is 0.988. The molecule has 1 atom stereocenters. The molecule has 0 saturated carbocycles. The first-order chi connectivity index (χ1) is 9.92. The highest BCUT2D eigenvalue weighted by Crippen LogP contribution is 2.16. The van der Waals surface area contributed by atoms with Crippen molar-refractivity contribution in [3.8, 4) is 0 Å². The lowest BCUT2D eigenvalue weighted by Crippen LogP contribution is -2.34. The summed E-state index contributed by atoms with van der Waals surface area (Å²) in [6.07, 6.45) is 0.0637. The van der Waals surface area contributed by atoms with Crippen LogP contribution in [0.15, 0.2) is 24.3 Å². The largest absolute Gasteiger partial charge is 0.325 e. The van der Waals surface area contributed by atoms with Gasteiger partial charge in [0.15, 0.2) is 0 Å². The van der Waals surface area contributed by atoms with Crippen molar-refractivity contribution in [2.24, 2.45) is 0 Å². The zero-order valence-corrected chi connectivity index (χ0v) is 13.6.